The van der Waals surface area contributed by atoms with Gasteiger partial charge in [0.2, 0.25) is 12.5 Å². The molecule has 1 saturated heterocycles. The lowest BCUT2D eigenvalue weighted by molar-refractivity contribution is 0.170. The Balaban J connectivity index is 1.93. The number of rotatable bonds is 4. The number of nitrogens with zero attached hydrogens (tertiary/aromatic N) is 2. The van der Waals surface area contributed by atoms with Gasteiger partial charge in [-0.05, 0) is 17.7 Å². The number of hydrogen-bond donors (Lipinski definition) is 1. The van der Waals surface area contributed by atoms with E-state index in [1.54, 1.807) is 7.11 Å². The summed E-state index contributed by atoms with van der Waals surface area (Å²) < 4.78 is 16.3. The molecule has 0 bridgehead atoms. The van der Waals surface area contributed by atoms with Crippen molar-refractivity contribution in [2.24, 2.45) is 0 Å². The Labute approximate surface area is 124 Å². The molecule has 2 aliphatic rings. The fourth-order valence-corrected chi connectivity index (χ4v) is 2.88. The summed E-state index contributed by atoms with van der Waals surface area (Å²) in [5.74, 6) is 2.01. The SMILES string of the molecule is COc1cc([C@H](CC#N)N2CCNCC2)cc2c1OCO2. The van der Waals surface area contributed by atoms with Crippen LogP contribution in [0.15, 0.2) is 12.1 Å². The fourth-order valence-electron chi connectivity index (χ4n) is 2.88. The van der Waals surface area contributed by atoms with Gasteiger partial charge in [-0.25, -0.2) is 0 Å². The number of ether oxygens (including phenoxy) is 3. The molecule has 112 valence electrons. The molecule has 0 saturated carbocycles. The van der Waals surface area contributed by atoms with Gasteiger partial charge in [0.15, 0.2) is 11.5 Å². The number of nitriles is 1. The number of fused-ring (bicyclic) bond motifs is 1. The summed E-state index contributed by atoms with van der Waals surface area (Å²) in [5, 5.41) is 12.5. The smallest absolute Gasteiger partial charge is 0.231 e. The molecule has 6 nitrogen and oxygen atoms in total. The van der Waals surface area contributed by atoms with Gasteiger partial charge in [-0.2, -0.15) is 5.26 Å². The van der Waals surface area contributed by atoms with E-state index in [4.69, 9.17) is 19.5 Å². The zero-order valence-electron chi connectivity index (χ0n) is 12.1. The molecule has 1 N–H and O–H groups in total. The Morgan fingerprint density at radius 3 is 2.90 bits per heavy atom. The maximum Gasteiger partial charge on any atom is 0.231 e. The van der Waals surface area contributed by atoms with Gasteiger partial charge in [0.1, 0.15) is 0 Å². The van der Waals surface area contributed by atoms with Crippen LogP contribution in [0.2, 0.25) is 0 Å². The summed E-state index contributed by atoms with van der Waals surface area (Å²) in [4.78, 5) is 2.33. The van der Waals surface area contributed by atoms with Crippen molar-refractivity contribution in [1.29, 1.82) is 5.26 Å². The minimum absolute atomic E-state index is 0.0560. The Bertz CT molecular complexity index is 550. The standard InChI is InChI=1S/C15H19N3O3/c1-19-13-8-11(9-14-15(13)21-10-20-14)12(2-3-16)18-6-4-17-5-7-18/h8-9,12,17H,2,4-7,10H2,1H3/t12-/m0/s1. The molecular weight excluding hydrogens is 270 g/mol. The van der Waals surface area contributed by atoms with Gasteiger partial charge in [0.05, 0.1) is 19.6 Å². The average molecular weight is 289 g/mol. The first-order valence-corrected chi connectivity index (χ1v) is 7.12. The predicted octanol–water partition coefficient (Wildman–Crippen LogP) is 1.28. The third-order valence-corrected chi connectivity index (χ3v) is 3.94. The topological polar surface area (TPSA) is 66.8 Å². The first-order chi connectivity index (χ1) is 10.3. The zero-order chi connectivity index (χ0) is 14.7. The van der Waals surface area contributed by atoms with Crippen molar-refractivity contribution in [3.05, 3.63) is 17.7 Å². The van der Waals surface area contributed by atoms with Crippen molar-refractivity contribution in [3.63, 3.8) is 0 Å². The zero-order valence-corrected chi connectivity index (χ0v) is 12.1. The van der Waals surface area contributed by atoms with Crippen LogP contribution in [-0.2, 0) is 0 Å². The van der Waals surface area contributed by atoms with Crippen molar-refractivity contribution in [2.75, 3.05) is 40.1 Å². The second-order valence-corrected chi connectivity index (χ2v) is 5.12. The molecule has 0 radical (unpaired) electrons. The Morgan fingerprint density at radius 1 is 1.38 bits per heavy atom. The van der Waals surface area contributed by atoms with Gasteiger partial charge in [0.25, 0.3) is 0 Å². The number of hydrogen-bond acceptors (Lipinski definition) is 6. The molecule has 3 rings (SSSR count). The minimum atomic E-state index is 0.0560. The molecule has 2 aliphatic heterocycles. The molecule has 0 amide bonds. The van der Waals surface area contributed by atoms with Crippen LogP contribution in [0, 0.1) is 11.3 Å². The van der Waals surface area contributed by atoms with E-state index in [2.05, 4.69) is 16.3 Å². The van der Waals surface area contributed by atoms with Crippen molar-refractivity contribution < 1.29 is 14.2 Å². The highest BCUT2D eigenvalue weighted by Crippen LogP contribution is 2.44. The second-order valence-electron chi connectivity index (χ2n) is 5.12. The highest BCUT2D eigenvalue weighted by Gasteiger charge is 2.27. The van der Waals surface area contributed by atoms with Crippen LogP contribution in [0.25, 0.3) is 0 Å². The van der Waals surface area contributed by atoms with E-state index in [0.717, 1.165) is 31.7 Å². The normalized spacial score (nSPS) is 19.0. The summed E-state index contributed by atoms with van der Waals surface area (Å²) in [6.45, 7) is 3.98. The molecule has 1 fully saturated rings. The second kappa shape index (κ2) is 6.20. The summed E-state index contributed by atoms with van der Waals surface area (Å²) in [6, 6.07) is 6.27. The van der Waals surface area contributed by atoms with Crippen LogP contribution in [0.3, 0.4) is 0 Å². The number of piperazine rings is 1. The Kier molecular flexibility index (Phi) is 4.13. The van der Waals surface area contributed by atoms with Crippen molar-refractivity contribution in [2.45, 2.75) is 12.5 Å². The summed E-state index contributed by atoms with van der Waals surface area (Å²) >= 11 is 0. The lowest BCUT2D eigenvalue weighted by Crippen LogP contribution is -2.45. The van der Waals surface area contributed by atoms with E-state index in [1.165, 1.54) is 0 Å². The van der Waals surface area contributed by atoms with Crippen LogP contribution in [0.5, 0.6) is 17.2 Å². The Hall–Kier alpha value is -1.97. The number of benzene rings is 1. The highest BCUT2D eigenvalue weighted by atomic mass is 16.7. The molecule has 2 heterocycles. The van der Waals surface area contributed by atoms with E-state index in [9.17, 15) is 0 Å². The molecule has 0 spiro atoms. The molecular formula is C15H19N3O3. The monoisotopic (exact) mass is 289 g/mol. The minimum Gasteiger partial charge on any atom is -0.493 e. The maximum atomic E-state index is 9.17. The van der Waals surface area contributed by atoms with Crippen LogP contribution in [0.4, 0.5) is 0 Å². The van der Waals surface area contributed by atoms with Crippen LogP contribution < -0.4 is 19.5 Å². The lowest BCUT2D eigenvalue weighted by Gasteiger charge is -2.34. The van der Waals surface area contributed by atoms with E-state index < -0.39 is 0 Å². The molecule has 0 aliphatic carbocycles. The summed E-state index contributed by atoms with van der Waals surface area (Å²) in [7, 11) is 1.62. The third-order valence-electron chi connectivity index (χ3n) is 3.94. The van der Waals surface area contributed by atoms with Gasteiger partial charge in [-0.1, -0.05) is 0 Å². The first-order valence-electron chi connectivity index (χ1n) is 7.12. The molecule has 0 aromatic heterocycles. The van der Waals surface area contributed by atoms with Gasteiger partial charge in [0, 0.05) is 32.2 Å². The van der Waals surface area contributed by atoms with Crippen LogP contribution in [-0.4, -0.2) is 45.0 Å². The molecule has 1 atom stereocenters. The van der Waals surface area contributed by atoms with Gasteiger partial charge >= 0.3 is 0 Å². The van der Waals surface area contributed by atoms with Crippen molar-refractivity contribution >= 4 is 0 Å². The number of nitrogens with one attached hydrogen (secondary N) is 1. The summed E-state index contributed by atoms with van der Waals surface area (Å²) in [6.07, 6.45) is 0.447. The molecule has 21 heavy (non-hydrogen) atoms. The van der Waals surface area contributed by atoms with Gasteiger partial charge in [-0.15, -0.1) is 0 Å². The Morgan fingerprint density at radius 2 is 2.19 bits per heavy atom. The first kappa shape index (κ1) is 14.0. The predicted molar refractivity (Wildman–Crippen MR) is 76.5 cm³/mol. The third kappa shape index (κ3) is 2.75. The van der Waals surface area contributed by atoms with Crippen molar-refractivity contribution in [3.8, 4) is 23.3 Å². The van der Waals surface area contributed by atoms with Crippen LogP contribution >= 0.6 is 0 Å². The van der Waals surface area contributed by atoms with E-state index in [1.807, 2.05) is 12.1 Å². The summed E-state index contributed by atoms with van der Waals surface area (Å²) in [5.41, 5.74) is 1.04. The maximum absolute atomic E-state index is 9.17. The van der Waals surface area contributed by atoms with Crippen molar-refractivity contribution in [1.82, 2.24) is 10.2 Å². The molecule has 0 unspecified atom stereocenters. The molecule has 6 heteroatoms. The fraction of sp³-hybridized carbons (Fsp3) is 0.533. The van der Waals surface area contributed by atoms with Gasteiger partial charge in [-0.3, -0.25) is 4.90 Å². The lowest BCUT2D eigenvalue weighted by atomic mass is 10.0. The van der Waals surface area contributed by atoms with Gasteiger partial charge < -0.3 is 19.5 Å². The molecule has 1 aromatic rings. The van der Waals surface area contributed by atoms with E-state index >= 15 is 0 Å². The largest absolute Gasteiger partial charge is 0.493 e. The van der Waals surface area contributed by atoms with Crippen LogP contribution in [0.1, 0.15) is 18.0 Å². The highest BCUT2D eigenvalue weighted by molar-refractivity contribution is 5.55. The average Bonchev–Trinajstić information content (AvgIpc) is 3.01. The molecule has 1 aromatic carbocycles. The number of methoxy groups -OCH3 is 1. The van der Waals surface area contributed by atoms with E-state index in [-0.39, 0.29) is 12.8 Å². The quantitative estimate of drug-likeness (QED) is 0.901. The van der Waals surface area contributed by atoms with E-state index in [0.29, 0.717) is 23.7 Å².